The summed E-state index contributed by atoms with van der Waals surface area (Å²) in [6.45, 7) is 5.24. The van der Waals surface area contributed by atoms with Crippen LogP contribution in [0.25, 0.3) is 28.8 Å². The molecule has 1 N–H and O–H groups in total. The molecule has 0 spiro atoms. The van der Waals surface area contributed by atoms with E-state index in [2.05, 4.69) is 27.0 Å². The maximum atomic E-state index is 14.7. The highest BCUT2D eigenvalue weighted by Crippen LogP contribution is 2.29. The summed E-state index contributed by atoms with van der Waals surface area (Å²) in [5.41, 5.74) is 1.73. The van der Waals surface area contributed by atoms with E-state index in [4.69, 9.17) is 4.74 Å². The first kappa shape index (κ1) is 18.7. The molecule has 0 aliphatic carbocycles. The van der Waals surface area contributed by atoms with Crippen LogP contribution in [0.4, 0.5) is 14.9 Å². The zero-order chi connectivity index (χ0) is 20.5. The van der Waals surface area contributed by atoms with Gasteiger partial charge in [-0.1, -0.05) is 12.6 Å². The first-order chi connectivity index (χ1) is 14.0. The number of amides is 1. The number of hydrogen-bond acceptors (Lipinski definition) is 7. The van der Waals surface area contributed by atoms with Crippen LogP contribution >= 0.6 is 0 Å². The maximum absolute atomic E-state index is 14.7. The van der Waals surface area contributed by atoms with Crippen LogP contribution in [-0.4, -0.2) is 55.1 Å². The van der Waals surface area contributed by atoms with Gasteiger partial charge in [-0.3, -0.25) is 9.88 Å². The SMILES string of the molecule is C=Cn1nnc(-c2ccc(-c3ccc(N4C[C@@H](C(C)O)OC4=O)cc3F)cn2)n1. The van der Waals surface area contributed by atoms with Crippen molar-refractivity contribution in [3.05, 3.63) is 48.9 Å². The third-order valence-corrected chi connectivity index (χ3v) is 4.53. The summed E-state index contributed by atoms with van der Waals surface area (Å²) in [6.07, 6.45) is 0.848. The van der Waals surface area contributed by atoms with E-state index in [9.17, 15) is 14.3 Å². The summed E-state index contributed by atoms with van der Waals surface area (Å²) in [5.74, 6) is -0.187. The molecule has 4 rings (SSSR count). The third kappa shape index (κ3) is 3.57. The number of cyclic esters (lactones) is 1. The number of halogens is 1. The van der Waals surface area contributed by atoms with E-state index in [1.165, 1.54) is 35.1 Å². The number of carbonyl (C=O) groups is 1. The molecule has 1 saturated heterocycles. The Hall–Kier alpha value is -3.66. The fourth-order valence-corrected chi connectivity index (χ4v) is 2.94. The molecule has 1 fully saturated rings. The molecule has 148 valence electrons. The van der Waals surface area contributed by atoms with Crippen molar-refractivity contribution in [3.8, 4) is 22.6 Å². The van der Waals surface area contributed by atoms with Crippen molar-refractivity contribution in [1.29, 1.82) is 0 Å². The molecular weight excluding hydrogens is 379 g/mol. The lowest BCUT2D eigenvalue weighted by molar-refractivity contribution is 0.0437. The Balaban J connectivity index is 1.57. The average Bonchev–Trinajstić information content (AvgIpc) is 3.35. The van der Waals surface area contributed by atoms with E-state index in [-0.39, 0.29) is 6.54 Å². The molecule has 10 heteroatoms. The van der Waals surface area contributed by atoms with Gasteiger partial charge in [0.2, 0.25) is 5.82 Å². The fraction of sp³-hybridized carbons (Fsp3) is 0.211. The molecule has 1 aliphatic rings. The second kappa shape index (κ2) is 7.40. The Morgan fingerprint density at radius 1 is 1.38 bits per heavy atom. The molecule has 0 saturated carbocycles. The molecule has 3 heterocycles. The van der Waals surface area contributed by atoms with Crippen molar-refractivity contribution in [1.82, 2.24) is 25.2 Å². The number of anilines is 1. The molecule has 29 heavy (non-hydrogen) atoms. The van der Waals surface area contributed by atoms with Gasteiger partial charge in [0.1, 0.15) is 17.6 Å². The van der Waals surface area contributed by atoms with Crippen LogP contribution in [0.3, 0.4) is 0 Å². The Morgan fingerprint density at radius 3 is 2.79 bits per heavy atom. The highest BCUT2D eigenvalue weighted by atomic mass is 19.1. The smallest absolute Gasteiger partial charge is 0.414 e. The number of aromatic nitrogens is 5. The minimum Gasteiger partial charge on any atom is -0.441 e. The number of tetrazole rings is 1. The highest BCUT2D eigenvalue weighted by molar-refractivity contribution is 5.90. The highest BCUT2D eigenvalue weighted by Gasteiger charge is 2.35. The van der Waals surface area contributed by atoms with Crippen LogP contribution in [0.15, 0.2) is 43.1 Å². The number of nitrogens with zero attached hydrogens (tertiary/aromatic N) is 6. The van der Waals surface area contributed by atoms with Crippen molar-refractivity contribution in [2.75, 3.05) is 11.4 Å². The van der Waals surface area contributed by atoms with Crippen molar-refractivity contribution in [2.45, 2.75) is 19.1 Å². The Morgan fingerprint density at radius 2 is 2.21 bits per heavy atom. The average molecular weight is 396 g/mol. The molecule has 1 aromatic carbocycles. The lowest BCUT2D eigenvalue weighted by Gasteiger charge is -2.15. The molecule has 1 unspecified atom stereocenters. The summed E-state index contributed by atoms with van der Waals surface area (Å²) < 4.78 is 19.8. The summed E-state index contributed by atoms with van der Waals surface area (Å²) in [7, 11) is 0. The monoisotopic (exact) mass is 396 g/mol. The number of hydrogen-bond donors (Lipinski definition) is 1. The van der Waals surface area contributed by atoms with Gasteiger partial charge in [-0.25, -0.2) is 9.18 Å². The van der Waals surface area contributed by atoms with Crippen molar-refractivity contribution in [3.63, 3.8) is 0 Å². The number of ether oxygens (including phenoxy) is 1. The first-order valence-corrected chi connectivity index (χ1v) is 8.81. The zero-order valence-corrected chi connectivity index (χ0v) is 15.4. The summed E-state index contributed by atoms with van der Waals surface area (Å²) in [4.78, 5) is 18.8. The van der Waals surface area contributed by atoms with Gasteiger partial charge in [0, 0.05) is 23.5 Å². The quantitative estimate of drug-likeness (QED) is 0.705. The number of carbonyl (C=O) groups excluding carboxylic acids is 1. The van der Waals surface area contributed by atoms with Crippen molar-refractivity contribution < 1.29 is 19.0 Å². The lowest BCUT2D eigenvalue weighted by Crippen LogP contribution is -2.29. The van der Waals surface area contributed by atoms with E-state index in [1.54, 1.807) is 24.3 Å². The molecule has 0 radical (unpaired) electrons. The Bertz CT molecular complexity index is 1070. The Kier molecular flexibility index (Phi) is 4.77. The van der Waals surface area contributed by atoms with Crippen LogP contribution in [0.1, 0.15) is 6.92 Å². The maximum Gasteiger partial charge on any atom is 0.414 e. The van der Waals surface area contributed by atoms with Crippen LogP contribution in [0.2, 0.25) is 0 Å². The van der Waals surface area contributed by atoms with Gasteiger partial charge < -0.3 is 9.84 Å². The van der Waals surface area contributed by atoms with Gasteiger partial charge in [-0.15, -0.1) is 15.0 Å². The van der Waals surface area contributed by atoms with E-state index < -0.39 is 24.1 Å². The van der Waals surface area contributed by atoms with Gasteiger partial charge >= 0.3 is 6.09 Å². The molecule has 1 aliphatic heterocycles. The normalized spacial score (nSPS) is 17.3. The van der Waals surface area contributed by atoms with Crippen LogP contribution in [0, 0.1) is 5.82 Å². The number of aliphatic hydroxyl groups excluding tert-OH is 1. The second-order valence-electron chi connectivity index (χ2n) is 6.49. The molecule has 9 nitrogen and oxygen atoms in total. The predicted octanol–water partition coefficient (Wildman–Crippen LogP) is 2.35. The molecule has 2 atom stereocenters. The molecule has 2 aromatic heterocycles. The van der Waals surface area contributed by atoms with Crippen molar-refractivity contribution >= 4 is 18.0 Å². The molecule has 0 bridgehead atoms. The largest absolute Gasteiger partial charge is 0.441 e. The second-order valence-corrected chi connectivity index (χ2v) is 6.49. The van der Waals surface area contributed by atoms with Crippen LogP contribution < -0.4 is 4.90 Å². The van der Waals surface area contributed by atoms with E-state index in [1.807, 2.05) is 0 Å². The zero-order valence-electron chi connectivity index (χ0n) is 15.4. The van der Waals surface area contributed by atoms with Crippen LogP contribution in [0.5, 0.6) is 0 Å². The third-order valence-electron chi connectivity index (χ3n) is 4.53. The predicted molar refractivity (Wildman–Crippen MR) is 102 cm³/mol. The number of rotatable bonds is 5. The van der Waals surface area contributed by atoms with Gasteiger partial charge in [0.05, 0.1) is 18.3 Å². The summed E-state index contributed by atoms with van der Waals surface area (Å²) in [5, 5.41) is 21.3. The topological polar surface area (TPSA) is 106 Å². The fourth-order valence-electron chi connectivity index (χ4n) is 2.94. The lowest BCUT2D eigenvalue weighted by atomic mass is 10.1. The molecular formula is C19H17FN6O3. The standard InChI is InChI=1S/C19H17FN6O3/c1-3-26-23-18(22-24-26)16-7-4-12(9-21-16)14-6-5-13(8-15(14)20)25-10-17(11(2)27)29-19(25)28/h3-9,11,17,27H,1,10H2,2H3/t11?,17-/m0/s1. The molecule has 3 aromatic rings. The van der Waals surface area contributed by atoms with Crippen LogP contribution in [-0.2, 0) is 4.74 Å². The number of aliphatic hydroxyl groups is 1. The van der Waals surface area contributed by atoms with Gasteiger partial charge in [0.25, 0.3) is 0 Å². The van der Waals surface area contributed by atoms with E-state index in [0.717, 1.165) is 0 Å². The van der Waals surface area contributed by atoms with Crippen molar-refractivity contribution in [2.24, 2.45) is 0 Å². The van der Waals surface area contributed by atoms with E-state index >= 15 is 0 Å². The number of pyridine rings is 1. The minimum atomic E-state index is -0.805. The molecule has 1 amide bonds. The minimum absolute atomic E-state index is 0.157. The van der Waals surface area contributed by atoms with Gasteiger partial charge in [0.15, 0.2) is 0 Å². The summed E-state index contributed by atoms with van der Waals surface area (Å²) in [6, 6.07) is 7.80. The first-order valence-electron chi connectivity index (χ1n) is 8.81. The van der Waals surface area contributed by atoms with Gasteiger partial charge in [-0.05, 0) is 36.4 Å². The van der Waals surface area contributed by atoms with E-state index in [0.29, 0.717) is 28.3 Å². The summed E-state index contributed by atoms with van der Waals surface area (Å²) >= 11 is 0. The Labute approximate surface area is 165 Å². The van der Waals surface area contributed by atoms with Gasteiger partial charge in [-0.2, -0.15) is 0 Å². The number of benzene rings is 1.